The number of nitrogens with zero attached hydrogens (tertiary/aromatic N) is 3. The van der Waals surface area contributed by atoms with E-state index in [1.807, 2.05) is 6.07 Å². The predicted octanol–water partition coefficient (Wildman–Crippen LogP) is 5.86. The van der Waals surface area contributed by atoms with E-state index < -0.39 is 55.5 Å². The number of sulfonamides is 1. The van der Waals surface area contributed by atoms with Gasteiger partial charge in [0.15, 0.2) is 0 Å². The maximum absolute atomic E-state index is 14.2. The molecular weight excluding hydrogens is 676 g/mol. The number of carbonyl (C=O) groups excluding carboxylic acids is 2. The molecule has 0 aromatic heterocycles. The van der Waals surface area contributed by atoms with Crippen molar-refractivity contribution in [2.75, 3.05) is 18.0 Å². The molecule has 1 N–H and O–H groups in total. The molecule has 14 heteroatoms. The SMILES string of the molecule is COc1ccc(Cl)cc1N(CC(=O)N(Cc1cccc(Br)c1)[C@@H](C)C(=O)NC(C)(C)C)S(=O)(=O)c1ccc(C)c([N+](=O)[O-])c1. The summed E-state index contributed by atoms with van der Waals surface area (Å²) in [5, 5.41) is 14.7. The van der Waals surface area contributed by atoms with Gasteiger partial charge in [-0.25, -0.2) is 8.42 Å². The minimum absolute atomic E-state index is 0.0203. The van der Waals surface area contributed by atoms with E-state index in [9.17, 15) is 28.1 Å². The summed E-state index contributed by atoms with van der Waals surface area (Å²) in [7, 11) is -3.30. The van der Waals surface area contributed by atoms with Gasteiger partial charge in [-0.15, -0.1) is 0 Å². The molecule has 0 heterocycles. The van der Waals surface area contributed by atoms with Gasteiger partial charge in [-0.3, -0.25) is 24.0 Å². The number of benzene rings is 3. The third kappa shape index (κ3) is 8.48. The van der Waals surface area contributed by atoms with E-state index in [2.05, 4.69) is 21.2 Å². The van der Waals surface area contributed by atoms with Crippen molar-refractivity contribution < 1.29 is 27.7 Å². The van der Waals surface area contributed by atoms with Gasteiger partial charge in [-0.1, -0.05) is 45.7 Å². The fourth-order valence-corrected chi connectivity index (χ4v) is 6.38. The Morgan fingerprint density at radius 2 is 1.80 bits per heavy atom. The van der Waals surface area contributed by atoms with Gasteiger partial charge in [0.2, 0.25) is 11.8 Å². The molecule has 1 atom stereocenters. The molecule has 0 saturated carbocycles. The van der Waals surface area contributed by atoms with Crippen LogP contribution in [0.4, 0.5) is 11.4 Å². The molecule has 11 nitrogen and oxygen atoms in total. The van der Waals surface area contributed by atoms with Crippen molar-refractivity contribution in [2.45, 2.75) is 57.6 Å². The molecule has 0 spiro atoms. The Morgan fingerprint density at radius 3 is 2.39 bits per heavy atom. The maximum atomic E-state index is 14.2. The Labute approximate surface area is 270 Å². The number of amides is 2. The first kappa shape index (κ1) is 34.8. The number of anilines is 1. The Balaban J connectivity index is 2.17. The summed E-state index contributed by atoms with van der Waals surface area (Å²) in [6, 6.07) is 13.9. The molecule has 3 aromatic carbocycles. The van der Waals surface area contributed by atoms with Crippen LogP contribution in [0.1, 0.15) is 38.8 Å². The molecule has 0 aliphatic carbocycles. The Bertz CT molecular complexity index is 1680. The van der Waals surface area contributed by atoms with Crippen molar-refractivity contribution in [3.63, 3.8) is 0 Å². The van der Waals surface area contributed by atoms with Crippen molar-refractivity contribution >= 4 is 60.7 Å². The van der Waals surface area contributed by atoms with Crippen LogP contribution in [0.15, 0.2) is 70.0 Å². The molecule has 0 bridgehead atoms. The zero-order valence-electron chi connectivity index (χ0n) is 25.1. The van der Waals surface area contributed by atoms with Crippen LogP contribution in [0.5, 0.6) is 5.75 Å². The fourth-order valence-electron chi connectivity index (χ4n) is 4.33. The summed E-state index contributed by atoms with van der Waals surface area (Å²) in [4.78, 5) is 39.3. The second kappa shape index (κ2) is 14.0. The van der Waals surface area contributed by atoms with Gasteiger partial charge in [-0.2, -0.15) is 0 Å². The van der Waals surface area contributed by atoms with E-state index in [0.29, 0.717) is 5.56 Å². The van der Waals surface area contributed by atoms with Crippen LogP contribution in [0.25, 0.3) is 0 Å². The highest BCUT2D eigenvalue weighted by Gasteiger charge is 2.35. The molecule has 3 aromatic rings. The Hall–Kier alpha value is -3.68. The molecule has 2 amide bonds. The number of rotatable bonds is 11. The van der Waals surface area contributed by atoms with Gasteiger partial charge in [0.1, 0.15) is 18.3 Å². The Morgan fingerprint density at radius 1 is 1.11 bits per heavy atom. The molecule has 44 heavy (non-hydrogen) atoms. The third-order valence-electron chi connectivity index (χ3n) is 6.56. The van der Waals surface area contributed by atoms with Gasteiger partial charge < -0.3 is 15.0 Å². The molecule has 0 aliphatic heterocycles. The lowest BCUT2D eigenvalue weighted by Gasteiger charge is -2.33. The number of halogens is 2. The molecule has 236 valence electrons. The minimum Gasteiger partial charge on any atom is -0.495 e. The second-order valence-electron chi connectivity index (χ2n) is 11.1. The second-order valence-corrected chi connectivity index (χ2v) is 14.3. The summed E-state index contributed by atoms with van der Waals surface area (Å²) in [6.45, 7) is 7.66. The summed E-state index contributed by atoms with van der Waals surface area (Å²) in [5.74, 6) is -1.07. The van der Waals surface area contributed by atoms with Crippen LogP contribution in [0.2, 0.25) is 5.02 Å². The van der Waals surface area contributed by atoms with E-state index in [1.54, 1.807) is 45.9 Å². The number of nitro benzene ring substituents is 1. The van der Waals surface area contributed by atoms with Crippen molar-refractivity contribution in [3.8, 4) is 5.75 Å². The zero-order chi connectivity index (χ0) is 33.0. The molecular formula is C30H34BrClN4O7S. The fraction of sp³-hybridized carbons (Fsp3) is 0.333. The van der Waals surface area contributed by atoms with Crippen molar-refractivity contribution in [2.24, 2.45) is 0 Å². The number of nitro groups is 1. The molecule has 0 fully saturated rings. The number of ether oxygens (including phenoxy) is 1. The van der Waals surface area contributed by atoms with Gasteiger partial charge >= 0.3 is 0 Å². The number of nitrogens with one attached hydrogen (secondary N) is 1. The molecule has 0 saturated heterocycles. The number of methoxy groups -OCH3 is 1. The quantitative estimate of drug-likeness (QED) is 0.195. The average molecular weight is 710 g/mol. The van der Waals surface area contributed by atoms with Gasteiger partial charge in [0.25, 0.3) is 15.7 Å². The van der Waals surface area contributed by atoms with E-state index >= 15 is 0 Å². The van der Waals surface area contributed by atoms with Crippen LogP contribution in [0.3, 0.4) is 0 Å². The molecule has 0 unspecified atom stereocenters. The van der Waals surface area contributed by atoms with Crippen LogP contribution in [-0.4, -0.2) is 55.3 Å². The monoisotopic (exact) mass is 708 g/mol. The normalized spacial score (nSPS) is 12.3. The lowest BCUT2D eigenvalue weighted by Crippen LogP contribution is -2.54. The summed E-state index contributed by atoms with van der Waals surface area (Å²) in [6.07, 6.45) is 0. The third-order valence-corrected chi connectivity index (χ3v) is 9.05. The first-order valence-electron chi connectivity index (χ1n) is 13.4. The summed E-state index contributed by atoms with van der Waals surface area (Å²) in [5.41, 5.74) is -0.118. The highest BCUT2D eigenvalue weighted by atomic mass is 79.9. The van der Waals surface area contributed by atoms with Gasteiger partial charge in [-0.05, 0) is 76.6 Å². The Kier molecular flexibility index (Phi) is 11.0. The van der Waals surface area contributed by atoms with E-state index in [1.165, 1.54) is 49.3 Å². The smallest absolute Gasteiger partial charge is 0.273 e. The highest BCUT2D eigenvalue weighted by molar-refractivity contribution is 9.10. The van der Waals surface area contributed by atoms with Crippen LogP contribution in [-0.2, 0) is 26.2 Å². The van der Waals surface area contributed by atoms with Crippen LogP contribution in [0, 0.1) is 17.0 Å². The van der Waals surface area contributed by atoms with Gasteiger partial charge in [0.05, 0.1) is 22.6 Å². The minimum atomic E-state index is -4.62. The van der Waals surface area contributed by atoms with Gasteiger partial charge in [0, 0.05) is 33.2 Å². The predicted molar refractivity (Wildman–Crippen MR) is 172 cm³/mol. The average Bonchev–Trinajstić information content (AvgIpc) is 2.93. The zero-order valence-corrected chi connectivity index (χ0v) is 28.3. The van der Waals surface area contributed by atoms with E-state index in [0.717, 1.165) is 14.8 Å². The van der Waals surface area contributed by atoms with Crippen LogP contribution >= 0.6 is 27.5 Å². The van der Waals surface area contributed by atoms with Crippen molar-refractivity contribution in [1.29, 1.82) is 0 Å². The number of aryl methyl sites for hydroxylation is 1. The van der Waals surface area contributed by atoms with Crippen LogP contribution < -0.4 is 14.4 Å². The summed E-state index contributed by atoms with van der Waals surface area (Å²) >= 11 is 9.67. The first-order chi connectivity index (χ1) is 20.4. The molecule has 0 radical (unpaired) electrons. The van der Waals surface area contributed by atoms with E-state index in [-0.39, 0.29) is 28.6 Å². The summed E-state index contributed by atoms with van der Waals surface area (Å²) < 4.78 is 35.4. The van der Waals surface area contributed by atoms with Crippen molar-refractivity contribution in [1.82, 2.24) is 10.2 Å². The van der Waals surface area contributed by atoms with Crippen molar-refractivity contribution in [3.05, 3.63) is 91.4 Å². The largest absolute Gasteiger partial charge is 0.495 e. The first-order valence-corrected chi connectivity index (χ1v) is 16.0. The highest BCUT2D eigenvalue weighted by Crippen LogP contribution is 2.36. The number of hydrogen-bond donors (Lipinski definition) is 1. The molecule has 0 aliphatic rings. The topological polar surface area (TPSA) is 139 Å². The molecule has 3 rings (SSSR count). The lowest BCUT2D eigenvalue weighted by molar-refractivity contribution is -0.385. The lowest BCUT2D eigenvalue weighted by atomic mass is 10.1. The van der Waals surface area contributed by atoms with E-state index in [4.69, 9.17) is 16.3 Å². The number of hydrogen-bond acceptors (Lipinski definition) is 7. The standard InChI is InChI=1S/C30H34BrClN4O7S/c1-19-10-12-24(16-25(19)36(39)40)44(41,42)35(26-15-23(32)11-13-27(26)43-6)18-28(37)34(17-21-8-7-9-22(31)14-21)20(2)29(38)33-30(3,4)5/h7-16,20H,17-18H2,1-6H3,(H,33,38)/t20-/m0/s1. The number of carbonyl (C=O) groups is 2. The maximum Gasteiger partial charge on any atom is 0.273 e.